The van der Waals surface area contributed by atoms with E-state index in [0.717, 1.165) is 41.8 Å². The lowest BCUT2D eigenvalue weighted by molar-refractivity contribution is -0.0886. The molecule has 1 aliphatic rings. The molecular formula is C16H23N3O. The van der Waals surface area contributed by atoms with Crippen LogP contribution in [0.15, 0.2) is 18.2 Å². The maximum atomic E-state index is 10.0. The molecule has 0 amide bonds. The number of anilines is 1. The summed E-state index contributed by atoms with van der Waals surface area (Å²) in [5.41, 5.74) is 8.61. The first-order valence-corrected chi connectivity index (χ1v) is 7.39. The molecule has 0 aliphatic heterocycles. The molecule has 0 spiro atoms. The predicted molar refractivity (Wildman–Crippen MR) is 81.6 cm³/mol. The molecule has 2 atom stereocenters. The van der Waals surface area contributed by atoms with Gasteiger partial charge in [-0.25, -0.2) is 4.98 Å². The number of benzene rings is 1. The van der Waals surface area contributed by atoms with Crippen molar-refractivity contribution in [2.45, 2.75) is 52.2 Å². The van der Waals surface area contributed by atoms with Crippen molar-refractivity contribution in [2.75, 3.05) is 5.73 Å². The highest BCUT2D eigenvalue weighted by Gasteiger charge is 2.49. The predicted octanol–water partition coefficient (Wildman–Crippen LogP) is 2.90. The lowest BCUT2D eigenvalue weighted by atomic mass is 9.64. The summed E-state index contributed by atoms with van der Waals surface area (Å²) in [5, 5.41) is 10.0. The summed E-state index contributed by atoms with van der Waals surface area (Å²) in [4.78, 5) is 4.76. The molecule has 1 aliphatic carbocycles. The van der Waals surface area contributed by atoms with Gasteiger partial charge in [-0.05, 0) is 31.0 Å². The van der Waals surface area contributed by atoms with E-state index < -0.39 is 0 Å². The minimum absolute atomic E-state index is 0.0997. The number of aromatic nitrogens is 2. The minimum atomic E-state index is -0.229. The molecule has 3 N–H and O–H groups in total. The molecule has 4 heteroatoms. The van der Waals surface area contributed by atoms with Crippen molar-refractivity contribution in [1.29, 1.82) is 0 Å². The Morgan fingerprint density at radius 1 is 1.45 bits per heavy atom. The molecule has 2 aromatic rings. The van der Waals surface area contributed by atoms with Gasteiger partial charge in [-0.15, -0.1) is 0 Å². The zero-order valence-electron chi connectivity index (χ0n) is 12.4. The fraction of sp³-hybridized carbons (Fsp3) is 0.562. The van der Waals surface area contributed by atoms with Crippen molar-refractivity contribution in [3.63, 3.8) is 0 Å². The van der Waals surface area contributed by atoms with Crippen LogP contribution in [0.4, 0.5) is 5.69 Å². The van der Waals surface area contributed by atoms with Crippen LogP contribution in [0.2, 0.25) is 0 Å². The Morgan fingerprint density at radius 2 is 2.20 bits per heavy atom. The van der Waals surface area contributed by atoms with E-state index in [2.05, 4.69) is 31.4 Å². The molecule has 4 nitrogen and oxygen atoms in total. The van der Waals surface area contributed by atoms with Gasteiger partial charge >= 0.3 is 0 Å². The van der Waals surface area contributed by atoms with Gasteiger partial charge in [0.05, 0.1) is 17.1 Å². The molecule has 1 heterocycles. The van der Waals surface area contributed by atoms with Crippen LogP contribution in [0.3, 0.4) is 0 Å². The molecule has 1 fully saturated rings. The number of nitrogens with two attached hydrogens (primary N) is 1. The molecule has 0 saturated heterocycles. The number of fused-ring (bicyclic) bond motifs is 1. The summed E-state index contributed by atoms with van der Waals surface area (Å²) >= 11 is 0. The van der Waals surface area contributed by atoms with Crippen LogP contribution in [0.5, 0.6) is 0 Å². The second-order valence-corrected chi connectivity index (χ2v) is 6.48. The quantitative estimate of drug-likeness (QED) is 0.845. The topological polar surface area (TPSA) is 64.1 Å². The number of aryl methyl sites for hydroxylation is 1. The van der Waals surface area contributed by atoms with Crippen molar-refractivity contribution in [3.8, 4) is 0 Å². The first-order chi connectivity index (χ1) is 9.45. The van der Waals surface area contributed by atoms with Gasteiger partial charge in [0.2, 0.25) is 0 Å². The van der Waals surface area contributed by atoms with Gasteiger partial charge in [0.1, 0.15) is 5.82 Å². The van der Waals surface area contributed by atoms with E-state index in [1.54, 1.807) is 0 Å². The Labute approximate surface area is 119 Å². The number of nitrogen functional groups attached to an aromatic ring is 1. The van der Waals surface area contributed by atoms with Crippen molar-refractivity contribution in [3.05, 3.63) is 24.0 Å². The standard InChI is InChI=1S/C16H23N3O/c1-4-5-15-18-11-8-10(17)6-7-12(11)19(15)13-9-14(20)16(13,2)3/h6-8,13-14,20H,4-5,9,17H2,1-3H3. The van der Waals surface area contributed by atoms with Crippen molar-refractivity contribution < 1.29 is 5.11 Å². The molecule has 20 heavy (non-hydrogen) atoms. The van der Waals surface area contributed by atoms with Gasteiger partial charge in [-0.2, -0.15) is 0 Å². The van der Waals surface area contributed by atoms with E-state index in [4.69, 9.17) is 10.7 Å². The maximum Gasteiger partial charge on any atom is 0.110 e. The number of nitrogens with zero attached hydrogens (tertiary/aromatic N) is 2. The SMILES string of the molecule is CCCc1nc2cc(N)ccc2n1C1CC(O)C1(C)C. The minimum Gasteiger partial charge on any atom is -0.399 e. The van der Waals surface area contributed by atoms with Gasteiger partial charge < -0.3 is 15.4 Å². The Balaban J connectivity index is 2.15. The monoisotopic (exact) mass is 273 g/mol. The zero-order valence-corrected chi connectivity index (χ0v) is 12.4. The van der Waals surface area contributed by atoms with Crippen LogP contribution < -0.4 is 5.73 Å². The van der Waals surface area contributed by atoms with Gasteiger partial charge in [-0.3, -0.25) is 0 Å². The van der Waals surface area contributed by atoms with E-state index in [0.29, 0.717) is 6.04 Å². The summed E-state index contributed by atoms with van der Waals surface area (Å²) in [5.74, 6) is 1.11. The van der Waals surface area contributed by atoms with Gasteiger partial charge in [0.25, 0.3) is 0 Å². The Morgan fingerprint density at radius 3 is 2.80 bits per heavy atom. The fourth-order valence-electron chi connectivity index (χ4n) is 3.23. The normalized spacial score (nSPS) is 24.8. The third kappa shape index (κ3) is 1.82. The lowest BCUT2D eigenvalue weighted by Gasteiger charge is -2.50. The maximum absolute atomic E-state index is 10.0. The van der Waals surface area contributed by atoms with Gasteiger partial charge in [0.15, 0.2) is 0 Å². The summed E-state index contributed by atoms with van der Waals surface area (Å²) in [7, 11) is 0. The van der Waals surface area contributed by atoms with E-state index in [-0.39, 0.29) is 11.5 Å². The van der Waals surface area contributed by atoms with Crippen molar-refractivity contribution in [1.82, 2.24) is 9.55 Å². The molecule has 1 aromatic carbocycles. The van der Waals surface area contributed by atoms with Crippen molar-refractivity contribution in [2.24, 2.45) is 5.41 Å². The highest BCUT2D eigenvalue weighted by molar-refractivity contribution is 5.80. The Kier molecular flexibility index (Phi) is 3.01. The summed E-state index contributed by atoms with van der Waals surface area (Å²) in [6.07, 6.45) is 2.60. The summed E-state index contributed by atoms with van der Waals surface area (Å²) < 4.78 is 2.32. The van der Waals surface area contributed by atoms with Crippen LogP contribution in [0.1, 0.15) is 45.5 Å². The average molecular weight is 273 g/mol. The van der Waals surface area contributed by atoms with Crippen LogP contribution >= 0.6 is 0 Å². The molecule has 0 radical (unpaired) electrons. The Bertz CT molecular complexity index is 644. The molecule has 3 rings (SSSR count). The Hall–Kier alpha value is -1.55. The third-order valence-electron chi connectivity index (χ3n) is 4.74. The smallest absolute Gasteiger partial charge is 0.110 e. The second kappa shape index (κ2) is 4.48. The molecule has 2 unspecified atom stereocenters. The van der Waals surface area contributed by atoms with Crippen LogP contribution in [-0.2, 0) is 6.42 Å². The number of aliphatic hydroxyl groups is 1. The van der Waals surface area contributed by atoms with E-state index in [1.165, 1.54) is 0 Å². The van der Waals surface area contributed by atoms with Crippen LogP contribution in [0, 0.1) is 5.41 Å². The van der Waals surface area contributed by atoms with Crippen LogP contribution in [0.25, 0.3) is 11.0 Å². The molecule has 1 aromatic heterocycles. The molecule has 1 saturated carbocycles. The number of aliphatic hydroxyl groups excluding tert-OH is 1. The second-order valence-electron chi connectivity index (χ2n) is 6.48. The molecule has 0 bridgehead atoms. The van der Waals surface area contributed by atoms with E-state index in [1.807, 2.05) is 12.1 Å². The summed E-state index contributed by atoms with van der Waals surface area (Å²) in [6, 6.07) is 6.23. The van der Waals surface area contributed by atoms with E-state index in [9.17, 15) is 5.11 Å². The highest BCUT2D eigenvalue weighted by Crippen LogP contribution is 2.51. The molecular weight excluding hydrogens is 250 g/mol. The van der Waals surface area contributed by atoms with Crippen molar-refractivity contribution >= 4 is 16.7 Å². The van der Waals surface area contributed by atoms with Crippen LogP contribution in [-0.4, -0.2) is 20.8 Å². The molecule has 108 valence electrons. The van der Waals surface area contributed by atoms with E-state index >= 15 is 0 Å². The number of rotatable bonds is 3. The largest absolute Gasteiger partial charge is 0.399 e. The van der Waals surface area contributed by atoms with Gasteiger partial charge in [-0.1, -0.05) is 20.8 Å². The number of imidazole rings is 1. The first kappa shape index (κ1) is 13.4. The lowest BCUT2D eigenvalue weighted by Crippen LogP contribution is -2.50. The first-order valence-electron chi connectivity index (χ1n) is 7.39. The zero-order chi connectivity index (χ0) is 14.5. The average Bonchev–Trinajstić information content (AvgIpc) is 2.73. The third-order valence-corrected chi connectivity index (χ3v) is 4.74. The van der Waals surface area contributed by atoms with Gasteiger partial charge in [0, 0.05) is 23.6 Å². The summed E-state index contributed by atoms with van der Waals surface area (Å²) in [6.45, 7) is 6.42. The number of hydrogen-bond acceptors (Lipinski definition) is 3. The number of hydrogen-bond donors (Lipinski definition) is 2. The fourth-order valence-corrected chi connectivity index (χ4v) is 3.23. The highest BCUT2D eigenvalue weighted by atomic mass is 16.3.